The van der Waals surface area contributed by atoms with Crippen molar-refractivity contribution >= 4 is 32.5 Å². The molecular weight excluding hydrogens is 240 g/mol. The van der Waals surface area contributed by atoms with Gasteiger partial charge in [-0.15, -0.1) is 11.3 Å². The highest BCUT2D eigenvalue weighted by atomic mass is 32.1. The van der Waals surface area contributed by atoms with Gasteiger partial charge in [0.2, 0.25) is 5.52 Å². The van der Waals surface area contributed by atoms with E-state index < -0.39 is 0 Å². The average Bonchev–Trinajstić information content (AvgIpc) is 2.75. The van der Waals surface area contributed by atoms with Crippen molar-refractivity contribution in [1.82, 2.24) is 4.98 Å². The van der Waals surface area contributed by atoms with Crippen LogP contribution >= 0.6 is 11.3 Å². The van der Waals surface area contributed by atoms with E-state index in [1.54, 1.807) is 11.3 Å². The molecule has 0 aliphatic heterocycles. The molecular formula is C15H17N2S+. The van der Waals surface area contributed by atoms with Crippen LogP contribution in [0.3, 0.4) is 0 Å². The second-order valence-electron chi connectivity index (χ2n) is 5.79. The Kier molecular flexibility index (Phi) is 2.42. The third kappa shape index (κ3) is 1.70. The Balaban J connectivity index is 2.46. The van der Waals surface area contributed by atoms with Gasteiger partial charge in [-0.1, -0.05) is 20.8 Å². The van der Waals surface area contributed by atoms with Crippen LogP contribution in [-0.2, 0) is 12.5 Å². The van der Waals surface area contributed by atoms with Gasteiger partial charge in [-0.3, -0.25) is 0 Å². The van der Waals surface area contributed by atoms with E-state index in [4.69, 9.17) is 0 Å². The number of rotatable bonds is 0. The summed E-state index contributed by atoms with van der Waals surface area (Å²) in [5, 5.41) is 1.31. The summed E-state index contributed by atoms with van der Waals surface area (Å²) in [6, 6.07) is 6.57. The summed E-state index contributed by atoms with van der Waals surface area (Å²) in [4.78, 5) is 4.40. The maximum Gasteiger partial charge on any atom is 0.213 e. The monoisotopic (exact) mass is 257 g/mol. The summed E-state index contributed by atoms with van der Waals surface area (Å²) >= 11 is 1.72. The zero-order chi connectivity index (χ0) is 12.9. The Labute approximate surface area is 111 Å². The summed E-state index contributed by atoms with van der Waals surface area (Å²) in [6.45, 7) is 6.75. The highest BCUT2D eigenvalue weighted by molar-refractivity contribution is 7.17. The summed E-state index contributed by atoms with van der Waals surface area (Å²) in [6.07, 6.45) is 2.23. The Bertz CT molecular complexity index is 735. The number of hydrogen-bond acceptors (Lipinski definition) is 2. The average molecular weight is 257 g/mol. The van der Waals surface area contributed by atoms with Gasteiger partial charge in [-0.2, -0.15) is 0 Å². The maximum absolute atomic E-state index is 4.40. The second kappa shape index (κ2) is 3.75. The molecule has 0 aliphatic rings. The molecule has 0 spiro atoms. The van der Waals surface area contributed by atoms with Crippen molar-refractivity contribution in [2.75, 3.05) is 0 Å². The highest BCUT2D eigenvalue weighted by Crippen LogP contribution is 2.30. The van der Waals surface area contributed by atoms with Crippen molar-refractivity contribution in [3.05, 3.63) is 35.5 Å². The van der Waals surface area contributed by atoms with Gasteiger partial charge in [0.05, 0.1) is 21.1 Å². The predicted molar refractivity (Wildman–Crippen MR) is 77.0 cm³/mol. The Morgan fingerprint density at radius 3 is 2.72 bits per heavy atom. The number of thiazole rings is 1. The zero-order valence-electron chi connectivity index (χ0n) is 11.2. The molecule has 3 heteroatoms. The molecule has 2 nitrogen and oxygen atoms in total. The van der Waals surface area contributed by atoms with Crippen molar-refractivity contribution < 1.29 is 4.57 Å². The second-order valence-corrected chi connectivity index (χ2v) is 6.64. The molecule has 18 heavy (non-hydrogen) atoms. The van der Waals surface area contributed by atoms with Crippen LogP contribution in [0.5, 0.6) is 0 Å². The molecule has 0 atom stereocenters. The van der Waals surface area contributed by atoms with Gasteiger partial charge < -0.3 is 0 Å². The standard InChI is InChI=1S/C15H17N2S/c1-15(2,3)10-7-11-13(17(4)8-10)6-5-12-14(11)18-9-16-12/h5-9H,1-4H3/q+1. The van der Waals surface area contributed by atoms with Crippen molar-refractivity contribution in [1.29, 1.82) is 0 Å². The van der Waals surface area contributed by atoms with E-state index >= 15 is 0 Å². The molecule has 0 amide bonds. The number of fused-ring (bicyclic) bond motifs is 3. The third-order valence-corrected chi connectivity index (χ3v) is 4.27. The lowest BCUT2D eigenvalue weighted by atomic mass is 9.87. The number of hydrogen-bond donors (Lipinski definition) is 0. The van der Waals surface area contributed by atoms with Gasteiger partial charge in [0.1, 0.15) is 7.05 Å². The fraction of sp³-hybridized carbons (Fsp3) is 0.333. The molecule has 0 saturated carbocycles. The summed E-state index contributed by atoms with van der Waals surface area (Å²) in [7, 11) is 2.12. The van der Waals surface area contributed by atoms with E-state index in [1.807, 2.05) is 5.51 Å². The molecule has 0 radical (unpaired) electrons. The maximum atomic E-state index is 4.40. The summed E-state index contributed by atoms with van der Waals surface area (Å²) < 4.78 is 3.50. The lowest BCUT2D eigenvalue weighted by molar-refractivity contribution is -0.645. The molecule has 3 aromatic rings. The van der Waals surface area contributed by atoms with Crippen molar-refractivity contribution in [3.63, 3.8) is 0 Å². The number of aromatic nitrogens is 2. The number of benzene rings is 1. The Morgan fingerprint density at radius 1 is 1.22 bits per heavy atom. The minimum Gasteiger partial charge on any atom is -0.245 e. The van der Waals surface area contributed by atoms with Gasteiger partial charge in [-0.05, 0) is 17.5 Å². The van der Waals surface area contributed by atoms with Gasteiger partial charge in [-0.25, -0.2) is 9.55 Å². The first kappa shape index (κ1) is 11.6. The van der Waals surface area contributed by atoms with E-state index in [2.05, 4.69) is 61.8 Å². The van der Waals surface area contributed by atoms with E-state index in [1.165, 1.54) is 21.2 Å². The molecule has 3 rings (SSSR count). The molecule has 2 heterocycles. The van der Waals surface area contributed by atoms with E-state index in [0.717, 1.165) is 5.52 Å². The fourth-order valence-corrected chi connectivity index (χ4v) is 3.07. The minimum atomic E-state index is 0.165. The molecule has 0 N–H and O–H groups in total. The van der Waals surface area contributed by atoms with Crippen LogP contribution < -0.4 is 4.57 Å². The van der Waals surface area contributed by atoms with E-state index in [0.29, 0.717) is 0 Å². The van der Waals surface area contributed by atoms with E-state index in [-0.39, 0.29) is 5.41 Å². The van der Waals surface area contributed by atoms with Crippen LogP contribution in [0.25, 0.3) is 21.1 Å². The lowest BCUT2D eigenvalue weighted by Crippen LogP contribution is -2.31. The van der Waals surface area contributed by atoms with Gasteiger partial charge >= 0.3 is 0 Å². The molecule has 92 valence electrons. The predicted octanol–water partition coefficient (Wildman–Crippen LogP) is 3.57. The van der Waals surface area contributed by atoms with Crippen LogP contribution in [0.15, 0.2) is 29.9 Å². The van der Waals surface area contributed by atoms with Gasteiger partial charge in [0.25, 0.3) is 0 Å². The first-order valence-electron chi connectivity index (χ1n) is 6.13. The summed E-state index contributed by atoms with van der Waals surface area (Å²) in [5.41, 5.74) is 5.81. The van der Waals surface area contributed by atoms with Crippen LogP contribution in [0.1, 0.15) is 26.3 Å². The van der Waals surface area contributed by atoms with Gasteiger partial charge in [0.15, 0.2) is 6.20 Å². The number of aryl methyl sites for hydroxylation is 1. The molecule has 2 aromatic heterocycles. The zero-order valence-corrected chi connectivity index (χ0v) is 12.0. The number of pyridine rings is 1. The first-order valence-corrected chi connectivity index (χ1v) is 7.01. The Morgan fingerprint density at radius 2 is 2.00 bits per heavy atom. The van der Waals surface area contributed by atoms with Crippen molar-refractivity contribution in [2.24, 2.45) is 7.05 Å². The highest BCUT2D eigenvalue weighted by Gasteiger charge is 2.20. The SMILES string of the molecule is C[n+]1cc(C(C)(C)C)cc2c3scnc3ccc21. The lowest BCUT2D eigenvalue weighted by Gasteiger charge is -2.17. The minimum absolute atomic E-state index is 0.165. The topological polar surface area (TPSA) is 16.8 Å². The molecule has 0 bridgehead atoms. The smallest absolute Gasteiger partial charge is 0.213 e. The molecule has 0 aliphatic carbocycles. The fourth-order valence-electron chi connectivity index (χ4n) is 2.27. The van der Waals surface area contributed by atoms with Crippen LogP contribution in [-0.4, -0.2) is 4.98 Å². The molecule has 0 saturated heterocycles. The molecule has 0 unspecified atom stereocenters. The Hall–Kier alpha value is -1.48. The largest absolute Gasteiger partial charge is 0.245 e. The normalized spacial score (nSPS) is 12.4. The van der Waals surface area contributed by atoms with E-state index in [9.17, 15) is 0 Å². The third-order valence-electron chi connectivity index (χ3n) is 3.39. The molecule has 0 fully saturated rings. The van der Waals surface area contributed by atoms with Crippen molar-refractivity contribution in [2.45, 2.75) is 26.2 Å². The van der Waals surface area contributed by atoms with Gasteiger partial charge in [0, 0.05) is 11.6 Å². The molecule has 1 aromatic carbocycles. The van der Waals surface area contributed by atoms with Crippen LogP contribution in [0.2, 0.25) is 0 Å². The quantitative estimate of drug-likeness (QED) is 0.563. The number of nitrogens with zero attached hydrogens (tertiary/aromatic N) is 2. The summed E-state index contributed by atoms with van der Waals surface area (Å²) in [5.74, 6) is 0. The van der Waals surface area contributed by atoms with Crippen LogP contribution in [0.4, 0.5) is 0 Å². The van der Waals surface area contributed by atoms with Crippen LogP contribution in [0, 0.1) is 0 Å². The van der Waals surface area contributed by atoms with Crippen molar-refractivity contribution in [3.8, 4) is 0 Å². The first-order chi connectivity index (χ1) is 8.47.